The molecule has 2 nitrogen and oxygen atoms in total. The molecule has 0 heterocycles. The summed E-state index contributed by atoms with van der Waals surface area (Å²) in [5.41, 5.74) is 3.34. The lowest BCUT2D eigenvalue weighted by Gasteiger charge is -2.04. The van der Waals surface area contributed by atoms with Gasteiger partial charge >= 0.3 is 0 Å². The van der Waals surface area contributed by atoms with Gasteiger partial charge in [0.1, 0.15) is 5.75 Å². The summed E-state index contributed by atoms with van der Waals surface area (Å²) in [5, 5.41) is 8.60. The van der Waals surface area contributed by atoms with Crippen LogP contribution >= 0.6 is 0 Å². The Bertz CT molecular complexity index is 520. The Hall–Kier alpha value is -2.27. The molecule has 2 aromatic carbocycles. The third-order valence-corrected chi connectivity index (χ3v) is 2.66. The van der Waals surface area contributed by atoms with Crippen LogP contribution < -0.4 is 4.74 Å². The molecule has 0 aliphatic heterocycles. The van der Waals surface area contributed by atoms with Crippen molar-refractivity contribution in [2.75, 3.05) is 7.11 Å². The van der Waals surface area contributed by atoms with Crippen molar-refractivity contribution in [1.82, 2.24) is 0 Å². The molecule has 0 radical (unpaired) electrons. The zero-order valence-corrected chi connectivity index (χ0v) is 9.68. The maximum atomic E-state index is 8.60. The Morgan fingerprint density at radius 3 is 1.94 bits per heavy atom. The van der Waals surface area contributed by atoms with Crippen molar-refractivity contribution in [1.29, 1.82) is 5.26 Å². The molecule has 17 heavy (non-hydrogen) atoms. The monoisotopic (exact) mass is 223 g/mol. The zero-order chi connectivity index (χ0) is 12.1. The third kappa shape index (κ3) is 2.64. The maximum absolute atomic E-state index is 8.60. The predicted octanol–water partition coefficient (Wildman–Crippen LogP) is 3.43. The van der Waals surface area contributed by atoms with E-state index in [1.54, 1.807) is 7.11 Å². The first kappa shape index (κ1) is 11.2. The number of benzene rings is 2. The van der Waals surface area contributed by atoms with Gasteiger partial charge in [-0.2, -0.15) is 5.26 Å². The molecule has 0 aliphatic rings. The normalized spacial score (nSPS) is 9.65. The minimum absolute atomic E-state index is 0.461. The lowest BCUT2D eigenvalue weighted by Crippen LogP contribution is -1.84. The first-order valence-corrected chi connectivity index (χ1v) is 5.44. The molecule has 0 atom stereocenters. The Labute approximate surface area is 101 Å². The van der Waals surface area contributed by atoms with Crippen LogP contribution in [0.3, 0.4) is 0 Å². The van der Waals surface area contributed by atoms with Crippen LogP contribution in [-0.4, -0.2) is 7.11 Å². The number of ether oxygens (including phenoxy) is 1. The summed E-state index contributed by atoms with van der Waals surface area (Å²) in [6.07, 6.45) is 0.461. The topological polar surface area (TPSA) is 33.0 Å². The fourth-order valence-corrected chi connectivity index (χ4v) is 1.69. The second-order valence-corrected chi connectivity index (χ2v) is 3.76. The van der Waals surface area contributed by atoms with Gasteiger partial charge in [0.25, 0.3) is 0 Å². The molecule has 0 aromatic heterocycles. The minimum Gasteiger partial charge on any atom is -0.497 e. The van der Waals surface area contributed by atoms with Crippen LogP contribution in [0, 0.1) is 11.3 Å². The molecule has 84 valence electrons. The lowest BCUT2D eigenvalue weighted by molar-refractivity contribution is 0.415. The Morgan fingerprint density at radius 2 is 1.47 bits per heavy atom. The molecule has 0 spiro atoms. The first-order valence-electron chi connectivity index (χ1n) is 5.44. The number of rotatable bonds is 3. The van der Waals surface area contributed by atoms with Gasteiger partial charge in [-0.25, -0.2) is 0 Å². The van der Waals surface area contributed by atoms with E-state index in [-0.39, 0.29) is 0 Å². The number of nitriles is 1. The summed E-state index contributed by atoms with van der Waals surface area (Å²) < 4.78 is 5.12. The van der Waals surface area contributed by atoms with Crippen LogP contribution in [0.1, 0.15) is 5.56 Å². The standard InChI is InChI=1S/C15H13NO/c1-17-15-8-6-14(7-9-15)13-4-2-12(3-5-13)10-11-16/h2-9H,10H2,1H3. The van der Waals surface area contributed by atoms with E-state index >= 15 is 0 Å². The van der Waals surface area contributed by atoms with E-state index in [1.807, 2.05) is 48.5 Å². The van der Waals surface area contributed by atoms with Crippen LogP contribution in [0.15, 0.2) is 48.5 Å². The molecule has 0 unspecified atom stereocenters. The molecule has 0 bridgehead atoms. The number of methoxy groups -OCH3 is 1. The van der Waals surface area contributed by atoms with Crippen molar-refractivity contribution >= 4 is 0 Å². The van der Waals surface area contributed by atoms with E-state index in [0.717, 1.165) is 22.4 Å². The maximum Gasteiger partial charge on any atom is 0.118 e. The molecule has 0 N–H and O–H groups in total. The van der Waals surface area contributed by atoms with E-state index in [1.165, 1.54) is 0 Å². The van der Waals surface area contributed by atoms with Crippen LogP contribution in [0.25, 0.3) is 11.1 Å². The van der Waals surface area contributed by atoms with E-state index in [9.17, 15) is 0 Å². The average Bonchev–Trinajstić information content (AvgIpc) is 2.40. The van der Waals surface area contributed by atoms with E-state index in [0.29, 0.717) is 6.42 Å². The van der Waals surface area contributed by atoms with Gasteiger partial charge in [0.2, 0.25) is 0 Å². The smallest absolute Gasteiger partial charge is 0.118 e. The summed E-state index contributed by atoms with van der Waals surface area (Å²) in [5.74, 6) is 0.856. The van der Waals surface area contributed by atoms with E-state index in [2.05, 4.69) is 6.07 Å². The highest BCUT2D eigenvalue weighted by molar-refractivity contribution is 5.64. The molecule has 0 fully saturated rings. The van der Waals surface area contributed by atoms with Gasteiger partial charge in [0.05, 0.1) is 19.6 Å². The summed E-state index contributed by atoms with van der Waals surface area (Å²) in [4.78, 5) is 0. The van der Waals surface area contributed by atoms with Crippen molar-refractivity contribution in [2.45, 2.75) is 6.42 Å². The molecule has 0 saturated heterocycles. The fraction of sp³-hybridized carbons (Fsp3) is 0.133. The molecular formula is C15H13NO. The van der Waals surface area contributed by atoms with Gasteiger partial charge in [0, 0.05) is 0 Å². The van der Waals surface area contributed by atoms with Gasteiger partial charge in [0.15, 0.2) is 0 Å². The summed E-state index contributed by atoms with van der Waals surface area (Å²) in [6, 6.07) is 18.1. The van der Waals surface area contributed by atoms with Gasteiger partial charge in [-0.05, 0) is 28.8 Å². The third-order valence-electron chi connectivity index (χ3n) is 2.66. The Balaban J connectivity index is 2.24. The van der Waals surface area contributed by atoms with Gasteiger partial charge in [-0.15, -0.1) is 0 Å². The highest BCUT2D eigenvalue weighted by atomic mass is 16.5. The van der Waals surface area contributed by atoms with Crippen molar-refractivity contribution in [2.24, 2.45) is 0 Å². The van der Waals surface area contributed by atoms with Gasteiger partial charge in [-0.1, -0.05) is 36.4 Å². The van der Waals surface area contributed by atoms with Crippen molar-refractivity contribution in [3.8, 4) is 22.9 Å². The van der Waals surface area contributed by atoms with Crippen LogP contribution in [-0.2, 0) is 6.42 Å². The largest absolute Gasteiger partial charge is 0.497 e. The SMILES string of the molecule is COc1ccc(-c2ccc(CC#N)cc2)cc1. The Morgan fingerprint density at radius 1 is 0.941 bits per heavy atom. The average molecular weight is 223 g/mol. The second-order valence-electron chi connectivity index (χ2n) is 3.76. The van der Waals surface area contributed by atoms with E-state index < -0.39 is 0 Å². The zero-order valence-electron chi connectivity index (χ0n) is 9.68. The number of hydrogen-bond acceptors (Lipinski definition) is 2. The van der Waals surface area contributed by atoms with Crippen molar-refractivity contribution in [3.05, 3.63) is 54.1 Å². The van der Waals surface area contributed by atoms with E-state index in [4.69, 9.17) is 10.00 Å². The highest BCUT2D eigenvalue weighted by Gasteiger charge is 1.98. The van der Waals surface area contributed by atoms with Crippen LogP contribution in [0.5, 0.6) is 5.75 Å². The van der Waals surface area contributed by atoms with Crippen molar-refractivity contribution in [3.63, 3.8) is 0 Å². The molecule has 2 rings (SSSR count). The highest BCUT2D eigenvalue weighted by Crippen LogP contribution is 2.22. The molecular weight excluding hydrogens is 210 g/mol. The molecule has 2 heteroatoms. The lowest BCUT2D eigenvalue weighted by atomic mass is 10.0. The number of nitrogens with zero attached hydrogens (tertiary/aromatic N) is 1. The summed E-state index contributed by atoms with van der Waals surface area (Å²) in [7, 11) is 1.66. The summed E-state index contributed by atoms with van der Waals surface area (Å²) in [6.45, 7) is 0. The quantitative estimate of drug-likeness (QED) is 0.798. The predicted molar refractivity (Wildman–Crippen MR) is 67.7 cm³/mol. The second kappa shape index (κ2) is 5.18. The van der Waals surface area contributed by atoms with Crippen molar-refractivity contribution < 1.29 is 4.74 Å². The van der Waals surface area contributed by atoms with Crippen LogP contribution in [0.2, 0.25) is 0 Å². The molecule has 0 amide bonds. The summed E-state index contributed by atoms with van der Waals surface area (Å²) >= 11 is 0. The van der Waals surface area contributed by atoms with Crippen LogP contribution in [0.4, 0.5) is 0 Å². The minimum atomic E-state index is 0.461. The fourth-order valence-electron chi connectivity index (χ4n) is 1.69. The first-order chi connectivity index (χ1) is 8.33. The molecule has 0 saturated carbocycles. The molecule has 0 aliphatic carbocycles. The van der Waals surface area contributed by atoms with Gasteiger partial charge in [-0.3, -0.25) is 0 Å². The number of hydrogen-bond donors (Lipinski definition) is 0. The molecule has 2 aromatic rings. The Kier molecular flexibility index (Phi) is 3.42. The van der Waals surface area contributed by atoms with Gasteiger partial charge < -0.3 is 4.74 Å².